The van der Waals surface area contributed by atoms with E-state index < -0.39 is 17.3 Å². The van der Waals surface area contributed by atoms with Crippen LogP contribution in [0.5, 0.6) is 5.75 Å². The minimum atomic E-state index is -4.48. The van der Waals surface area contributed by atoms with Gasteiger partial charge in [0, 0.05) is 6.61 Å². The Bertz CT molecular complexity index is 484. The summed E-state index contributed by atoms with van der Waals surface area (Å²) in [5.41, 5.74) is 9.62. The highest BCUT2D eigenvalue weighted by atomic mass is 35.5. The number of nitrogen functional groups attached to an aromatic ring is 2. The van der Waals surface area contributed by atoms with Crippen molar-refractivity contribution in [3.8, 4) is 5.75 Å². The molecule has 0 radical (unpaired) electrons. The highest BCUT2D eigenvalue weighted by Gasteiger charge is 2.33. The Hall–Kier alpha value is -1.05. The molecular weight excluding hydrogens is 344 g/mol. The second kappa shape index (κ2) is 7.48. The monoisotopic (exact) mass is 362 g/mol. The molecule has 1 aliphatic rings. The summed E-state index contributed by atoms with van der Waals surface area (Å²) in [5, 5.41) is 0. The molecule has 9 heteroatoms. The van der Waals surface area contributed by atoms with Gasteiger partial charge in [0.2, 0.25) is 0 Å². The van der Waals surface area contributed by atoms with Gasteiger partial charge in [0.05, 0.1) is 22.5 Å². The van der Waals surface area contributed by atoms with Crippen molar-refractivity contribution >= 4 is 36.2 Å². The van der Waals surface area contributed by atoms with Crippen molar-refractivity contribution in [1.29, 1.82) is 0 Å². The van der Waals surface area contributed by atoms with Gasteiger partial charge in [0.1, 0.15) is 6.61 Å². The number of rotatable bonds is 3. The molecule has 2 rings (SSSR count). The van der Waals surface area contributed by atoms with Gasteiger partial charge in [-0.2, -0.15) is 13.2 Å². The Labute approximate surface area is 139 Å². The fraction of sp³-hybridized carbons (Fsp3) is 0.538. The first-order valence-electron chi connectivity index (χ1n) is 6.24. The molecule has 0 spiro atoms. The van der Waals surface area contributed by atoms with Crippen LogP contribution in [0.25, 0.3) is 0 Å². The molecule has 4 N–H and O–H groups in total. The molecule has 0 amide bonds. The molecule has 1 fully saturated rings. The first-order chi connectivity index (χ1) is 9.21. The van der Waals surface area contributed by atoms with Crippen molar-refractivity contribution in [3.63, 3.8) is 0 Å². The van der Waals surface area contributed by atoms with Gasteiger partial charge in [0.25, 0.3) is 0 Å². The van der Waals surface area contributed by atoms with Crippen LogP contribution in [0.2, 0.25) is 0 Å². The molecule has 1 unspecified atom stereocenters. The lowest BCUT2D eigenvalue weighted by atomic mass is 10.0. The third kappa shape index (κ3) is 4.72. The number of nitrogens with two attached hydrogens (primary N) is 2. The maximum absolute atomic E-state index is 12.6. The third-order valence-electron chi connectivity index (χ3n) is 3.30. The summed E-state index contributed by atoms with van der Waals surface area (Å²) in [6.07, 6.45) is -2.73. The quantitative estimate of drug-likeness (QED) is 0.804. The minimum absolute atomic E-state index is 0. The first kappa shape index (κ1) is 20.9. The average molecular weight is 363 g/mol. The van der Waals surface area contributed by atoms with Crippen LogP contribution in [0.3, 0.4) is 0 Å². The molecule has 128 valence electrons. The van der Waals surface area contributed by atoms with E-state index in [1.54, 1.807) is 0 Å². The van der Waals surface area contributed by atoms with E-state index in [2.05, 4.69) is 0 Å². The highest BCUT2D eigenvalue weighted by molar-refractivity contribution is 5.85. The Balaban J connectivity index is 0.00000220. The topological polar surface area (TPSA) is 70.5 Å². The van der Waals surface area contributed by atoms with Gasteiger partial charge in [-0.1, -0.05) is 0 Å². The molecule has 4 nitrogen and oxygen atoms in total. The Morgan fingerprint density at radius 3 is 2.18 bits per heavy atom. The predicted molar refractivity (Wildman–Crippen MR) is 83.9 cm³/mol. The zero-order valence-electron chi connectivity index (χ0n) is 11.9. The summed E-state index contributed by atoms with van der Waals surface area (Å²) in [7, 11) is 0. The van der Waals surface area contributed by atoms with Gasteiger partial charge in [-0.15, -0.1) is 24.8 Å². The van der Waals surface area contributed by atoms with Crippen molar-refractivity contribution in [2.45, 2.75) is 31.5 Å². The zero-order chi connectivity index (χ0) is 15.0. The number of hydrogen-bond acceptors (Lipinski definition) is 4. The maximum atomic E-state index is 12.6. The number of benzene rings is 1. The average Bonchev–Trinajstić information content (AvgIpc) is 2.74. The Morgan fingerprint density at radius 2 is 1.77 bits per heavy atom. The van der Waals surface area contributed by atoms with Crippen LogP contribution in [0.4, 0.5) is 24.5 Å². The first-order valence-corrected chi connectivity index (χ1v) is 6.24. The molecule has 0 saturated carbocycles. The number of alkyl halides is 3. The molecule has 1 saturated heterocycles. The molecule has 0 aliphatic carbocycles. The van der Waals surface area contributed by atoms with Crippen molar-refractivity contribution in [3.05, 3.63) is 17.7 Å². The largest absolute Gasteiger partial charge is 0.486 e. The van der Waals surface area contributed by atoms with Crippen molar-refractivity contribution < 1.29 is 22.6 Å². The molecule has 0 aromatic heterocycles. The van der Waals surface area contributed by atoms with Crippen LogP contribution in [0.15, 0.2) is 12.1 Å². The van der Waals surface area contributed by atoms with E-state index in [4.69, 9.17) is 20.9 Å². The summed E-state index contributed by atoms with van der Waals surface area (Å²) in [6.45, 7) is 2.74. The fourth-order valence-corrected chi connectivity index (χ4v) is 2.18. The molecular formula is C13H19Cl2F3N2O2. The van der Waals surface area contributed by atoms with Crippen LogP contribution < -0.4 is 16.2 Å². The van der Waals surface area contributed by atoms with Crippen LogP contribution in [0.1, 0.15) is 25.3 Å². The van der Waals surface area contributed by atoms with Gasteiger partial charge < -0.3 is 20.9 Å². The second-order valence-corrected chi connectivity index (χ2v) is 5.17. The molecule has 1 aliphatic heterocycles. The summed E-state index contributed by atoms with van der Waals surface area (Å²) < 4.78 is 48.8. The van der Waals surface area contributed by atoms with E-state index in [1.807, 2.05) is 6.92 Å². The number of halogens is 5. The maximum Gasteiger partial charge on any atom is 0.416 e. The SMILES string of the molecule is CC1(COc2c(N)cc(C(F)(F)F)cc2N)CCCO1.Cl.Cl. The molecule has 1 heterocycles. The fourth-order valence-electron chi connectivity index (χ4n) is 2.18. The molecule has 1 atom stereocenters. The van der Waals surface area contributed by atoms with E-state index in [-0.39, 0.29) is 48.5 Å². The van der Waals surface area contributed by atoms with Crippen LogP contribution in [-0.2, 0) is 10.9 Å². The molecule has 22 heavy (non-hydrogen) atoms. The van der Waals surface area contributed by atoms with E-state index >= 15 is 0 Å². The smallest absolute Gasteiger partial charge is 0.416 e. The Kier molecular flexibility index (Phi) is 7.12. The normalized spacial score (nSPS) is 20.9. The summed E-state index contributed by atoms with van der Waals surface area (Å²) in [4.78, 5) is 0. The zero-order valence-corrected chi connectivity index (χ0v) is 13.5. The third-order valence-corrected chi connectivity index (χ3v) is 3.30. The van der Waals surface area contributed by atoms with Crippen LogP contribution in [-0.4, -0.2) is 18.8 Å². The van der Waals surface area contributed by atoms with Gasteiger partial charge in [-0.25, -0.2) is 0 Å². The molecule has 1 aromatic rings. The van der Waals surface area contributed by atoms with E-state index in [1.165, 1.54) is 0 Å². The number of hydrogen-bond donors (Lipinski definition) is 2. The van der Waals surface area contributed by atoms with Crippen molar-refractivity contribution in [2.75, 3.05) is 24.7 Å². The molecule has 0 bridgehead atoms. The number of ether oxygens (including phenoxy) is 2. The van der Waals surface area contributed by atoms with E-state index in [9.17, 15) is 13.2 Å². The standard InChI is InChI=1S/C13H17F3N2O2.2ClH/c1-12(3-2-4-20-12)7-19-11-9(17)5-8(6-10(11)18)13(14,15)16;;/h5-6H,2-4,7,17-18H2,1H3;2*1H. The predicted octanol–water partition coefficient (Wildman–Crippen LogP) is 3.66. The lowest BCUT2D eigenvalue weighted by Gasteiger charge is -2.24. The lowest BCUT2D eigenvalue weighted by Crippen LogP contribution is -2.31. The Morgan fingerprint density at radius 1 is 1.23 bits per heavy atom. The summed E-state index contributed by atoms with van der Waals surface area (Å²) >= 11 is 0. The van der Waals surface area contributed by atoms with Crippen molar-refractivity contribution in [1.82, 2.24) is 0 Å². The lowest BCUT2D eigenvalue weighted by molar-refractivity contribution is -0.137. The minimum Gasteiger partial charge on any atom is -0.486 e. The van der Waals surface area contributed by atoms with Gasteiger partial charge in [-0.3, -0.25) is 0 Å². The summed E-state index contributed by atoms with van der Waals surface area (Å²) in [5.74, 6) is 0.0784. The van der Waals surface area contributed by atoms with Crippen LogP contribution >= 0.6 is 24.8 Å². The van der Waals surface area contributed by atoms with Gasteiger partial charge >= 0.3 is 6.18 Å². The van der Waals surface area contributed by atoms with E-state index in [0.717, 1.165) is 25.0 Å². The molecule has 1 aromatic carbocycles. The van der Waals surface area contributed by atoms with E-state index in [0.29, 0.717) is 6.61 Å². The van der Waals surface area contributed by atoms with Crippen LogP contribution in [0, 0.1) is 0 Å². The van der Waals surface area contributed by atoms with Crippen molar-refractivity contribution in [2.24, 2.45) is 0 Å². The summed E-state index contributed by atoms with van der Waals surface area (Å²) in [6, 6.07) is 1.65. The number of anilines is 2. The van der Waals surface area contributed by atoms with Gasteiger partial charge in [-0.05, 0) is 31.9 Å². The second-order valence-electron chi connectivity index (χ2n) is 5.17. The highest BCUT2D eigenvalue weighted by Crippen LogP contribution is 2.38. The van der Waals surface area contributed by atoms with Gasteiger partial charge in [0.15, 0.2) is 5.75 Å².